The van der Waals surface area contributed by atoms with Crippen molar-refractivity contribution < 1.29 is 0 Å². The maximum absolute atomic E-state index is 4.59. The van der Waals surface area contributed by atoms with E-state index in [1.165, 1.54) is 16.6 Å². The number of rotatable bonds is 8. The standard InChI is InChI=1S/C15H28BrN3/c1-6-8-17-10-13(11(3)4)9-14-15(16)12(5)18-19(14)7-2/h11,13,17H,6-10H2,1-5H3. The van der Waals surface area contributed by atoms with Crippen molar-refractivity contribution >= 4 is 15.9 Å². The summed E-state index contributed by atoms with van der Waals surface area (Å²) in [5.41, 5.74) is 2.44. The summed E-state index contributed by atoms with van der Waals surface area (Å²) < 4.78 is 3.32. The van der Waals surface area contributed by atoms with Gasteiger partial charge < -0.3 is 5.32 Å². The molecule has 0 aliphatic heterocycles. The molecular formula is C15H28BrN3. The van der Waals surface area contributed by atoms with Gasteiger partial charge in [0.15, 0.2) is 0 Å². The van der Waals surface area contributed by atoms with Gasteiger partial charge in [-0.1, -0.05) is 20.8 Å². The molecule has 0 fully saturated rings. The minimum atomic E-state index is 0.657. The van der Waals surface area contributed by atoms with Crippen molar-refractivity contribution in [3.63, 3.8) is 0 Å². The van der Waals surface area contributed by atoms with Gasteiger partial charge in [0.25, 0.3) is 0 Å². The molecule has 0 aliphatic carbocycles. The molecule has 1 rings (SSSR count). The quantitative estimate of drug-likeness (QED) is 0.735. The molecular weight excluding hydrogens is 302 g/mol. The van der Waals surface area contributed by atoms with Gasteiger partial charge in [-0.15, -0.1) is 0 Å². The second-order valence-electron chi connectivity index (χ2n) is 5.57. The summed E-state index contributed by atoms with van der Waals surface area (Å²) in [6, 6.07) is 0. The van der Waals surface area contributed by atoms with Crippen LogP contribution in [0.4, 0.5) is 0 Å². The molecule has 4 heteroatoms. The van der Waals surface area contributed by atoms with Crippen molar-refractivity contribution in [1.29, 1.82) is 0 Å². The molecule has 0 amide bonds. The van der Waals surface area contributed by atoms with Gasteiger partial charge in [-0.3, -0.25) is 4.68 Å². The molecule has 0 spiro atoms. The topological polar surface area (TPSA) is 29.9 Å². The number of aromatic nitrogens is 2. The second kappa shape index (κ2) is 8.05. The van der Waals surface area contributed by atoms with Crippen molar-refractivity contribution in [1.82, 2.24) is 15.1 Å². The minimum absolute atomic E-state index is 0.657. The van der Waals surface area contributed by atoms with Crippen LogP contribution in [0.5, 0.6) is 0 Å². The predicted molar refractivity (Wildman–Crippen MR) is 85.5 cm³/mol. The van der Waals surface area contributed by atoms with E-state index in [2.05, 4.69) is 65.6 Å². The molecule has 0 saturated carbocycles. The molecule has 0 radical (unpaired) electrons. The lowest BCUT2D eigenvalue weighted by molar-refractivity contribution is 0.351. The molecule has 3 nitrogen and oxygen atoms in total. The molecule has 1 heterocycles. The number of aryl methyl sites for hydroxylation is 2. The first-order valence-corrected chi connectivity index (χ1v) is 8.22. The fraction of sp³-hybridized carbons (Fsp3) is 0.800. The molecule has 0 aliphatic rings. The Balaban J connectivity index is 2.78. The Morgan fingerprint density at radius 2 is 2.00 bits per heavy atom. The van der Waals surface area contributed by atoms with Crippen LogP contribution in [-0.2, 0) is 13.0 Å². The van der Waals surface area contributed by atoms with Gasteiger partial charge in [0.05, 0.1) is 15.9 Å². The van der Waals surface area contributed by atoms with Crippen LogP contribution < -0.4 is 5.32 Å². The van der Waals surface area contributed by atoms with Crippen molar-refractivity contribution in [2.24, 2.45) is 11.8 Å². The molecule has 1 aromatic rings. The van der Waals surface area contributed by atoms with Gasteiger partial charge in [-0.25, -0.2) is 0 Å². The Morgan fingerprint density at radius 3 is 2.53 bits per heavy atom. The Morgan fingerprint density at radius 1 is 1.32 bits per heavy atom. The highest BCUT2D eigenvalue weighted by molar-refractivity contribution is 9.10. The Labute approximate surface area is 126 Å². The normalized spacial score (nSPS) is 13.2. The number of hydrogen-bond acceptors (Lipinski definition) is 2. The van der Waals surface area contributed by atoms with Gasteiger partial charge in [-0.05, 0) is 67.5 Å². The maximum Gasteiger partial charge on any atom is 0.0738 e. The average Bonchev–Trinajstić information content (AvgIpc) is 2.64. The highest BCUT2D eigenvalue weighted by atomic mass is 79.9. The van der Waals surface area contributed by atoms with Gasteiger partial charge in [-0.2, -0.15) is 5.10 Å². The van der Waals surface area contributed by atoms with Crippen LogP contribution in [0.15, 0.2) is 4.47 Å². The zero-order valence-electron chi connectivity index (χ0n) is 13.0. The molecule has 1 N–H and O–H groups in total. The van der Waals surface area contributed by atoms with E-state index in [1.807, 2.05) is 0 Å². The van der Waals surface area contributed by atoms with Crippen LogP contribution in [-0.4, -0.2) is 22.9 Å². The first-order valence-electron chi connectivity index (χ1n) is 7.43. The van der Waals surface area contributed by atoms with Crippen LogP contribution in [0.2, 0.25) is 0 Å². The second-order valence-corrected chi connectivity index (χ2v) is 6.37. The van der Waals surface area contributed by atoms with Crippen LogP contribution in [0, 0.1) is 18.8 Å². The summed E-state index contributed by atoms with van der Waals surface area (Å²) in [5, 5.41) is 8.14. The number of hydrogen-bond donors (Lipinski definition) is 1. The summed E-state index contributed by atoms with van der Waals surface area (Å²) in [6.45, 7) is 14.2. The third-order valence-electron chi connectivity index (χ3n) is 3.68. The molecule has 110 valence electrons. The van der Waals surface area contributed by atoms with Crippen molar-refractivity contribution in [2.45, 2.75) is 54.0 Å². The molecule has 19 heavy (non-hydrogen) atoms. The zero-order chi connectivity index (χ0) is 14.4. The van der Waals surface area contributed by atoms with Crippen LogP contribution >= 0.6 is 15.9 Å². The van der Waals surface area contributed by atoms with E-state index in [0.29, 0.717) is 11.8 Å². The first kappa shape index (κ1) is 16.7. The smallest absolute Gasteiger partial charge is 0.0738 e. The zero-order valence-corrected chi connectivity index (χ0v) is 14.5. The highest BCUT2D eigenvalue weighted by Crippen LogP contribution is 2.26. The highest BCUT2D eigenvalue weighted by Gasteiger charge is 2.19. The van der Waals surface area contributed by atoms with Crippen LogP contribution in [0.1, 0.15) is 45.5 Å². The fourth-order valence-electron chi connectivity index (χ4n) is 2.32. The Bertz CT molecular complexity index is 385. The number of nitrogens with zero attached hydrogens (tertiary/aromatic N) is 2. The minimum Gasteiger partial charge on any atom is -0.316 e. The molecule has 0 aromatic carbocycles. The summed E-state index contributed by atoms with van der Waals surface area (Å²) in [6.07, 6.45) is 2.28. The van der Waals surface area contributed by atoms with Crippen molar-refractivity contribution in [3.8, 4) is 0 Å². The van der Waals surface area contributed by atoms with E-state index in [1.54, 1.807) is 0 Å². The largest absolute Gasteiger partial charge is 0.316 e. The Hall–Kier alpha value is -0.350. The molecule has 0 saturated heterocycles. The summed E-state index contributed by atoms with van der Waals surface area (Å²) in [7, 11) is 0. The van der Waals surface area contributed by atoms with E-state index in [9.17, 15) is 0 Å². The average molecular weight is 330 g/mol. The fourth-order valence-corrected chi connectivity index (χ4v) is 2.77. The van der Waals surface area contributed by atoms with Gasteiger partial charge >= 0.3 is 0 Å². The van der Waals surface area contributed by atoms with E-state index in [4.69, 9.17) is 0 Å². The molecule has 1 unspecified atom stereocenters. The van der Waals surface area contributed by atoms with Gasteiger partial charge in [0.1, 0.15) is 0 Å². The van der Waals surface area contributed by atoms with E-state index >= 15 is 0 Å². The molecule has 1 aromatic heterocycles. The summed E-state index contributed by atoms with van der Waals surface area (Å²) in [4.78, 5) is 0. The lowest BCUT2D eigenvalue weighted by Crippen LogP contribution is -2.29. The van der Waals surface area contributed by atoms with Gasteiger partial charge in [0.2, 0.25) is 0 Å². The lowest BCUT2D eigenvalue weighted by atomic mass is 9.91. The number of halogens is 1. The maximum atomic E-state index is 4.59. The van der Waals surface area contributed by atoms with Gasteiger partial charge in [0, 0.05) is 6.54 Å². The third-order valence-corrected chi connectivity index (χ3v) is 4.72. The van der Waals surface area contributed by atoms with E-state index in [-0.39, 0.29) is 0 Å². The monoisotopic (exact) mass is 329 g/mol. The Kier molecular flexibility index (Phi) is 7.08. The molecule has 0 bridgehead atoms. The van der Waals surface area contributed by atoms with E-state index in [0.717, 1.165) is 31.7 Å². The van der Waals surface area contributed by atoms with E-state index < -0.39 is 0 Å². The number of nitrogens with one attached hydrogen (secondary N) is 1. The van der Waals surface area contributed by atoms with Crippen LogP contribution in [0.3, 0.4) is 0 Å². The SMILES string of the molecule is CCCNCC(Cc1c(Br)c(C)nn1CC)C(C)C. The third kappa shape index (κ3) is 4.60. The predicted octanol–water partition coefficient (Wildman–Crippen LogP) is 3.79. The lowest BCUT2D eigenvalue weighted by Gasteiger charge is -2.22. The summed E-state index contributed by atoms with van der Waals surface area (Å²) >= 11 is 3.70. The van der Waals surface area contributed by atoms with Crippen molar-refractivity contribution in [3.05, 3.63) is 15.9 Å². The molecule has 1 atom stereocenters. The van der Waals surface area contributed by atoms with Crippen LogP contribution in [0.25, 0.3) is 0 Å². The summed E-state index contributed by atoms with van der Waals surface area (Å²) in [5.74, 6) is 1.33. The van der Waals surface area contributed by atoms with Crippen molar-refractivity contribution in [2.75, 3.05) is 13.1 Å². The first-order chi connectivity index (χ1) is 9.01.